The van der Waals surface area contributed by atoms with Crippen LogP contribution in [0.4, 0.5) is 4.39 Å². The Morgan fingerprint density at radius 2 is 2.23 bits per heavy atom. The lowest BCUT2D eigenvalue weighted by molar-refractivity contribution is 0.503. The maximum Gasteiger partial charge on any atom is 0.191 e. The zero-order chi connectivity index (χ0) is 16.0. The van der Waals surface area contributed by atoms with Gasteiger partial charge in [-0.1, -0.05) is 26.0 Å². The number of nitrogens with one attached hydrogen (secondary N) is 2. The van der Waals surface area contributed by atoms with Crippen LogP contribution < -0.4 is 10.6 Å². The van der Waals surface area contributed by atoms with Gasteiger partial charge in [0.15, 0.2) is 5.96 Å². The maximum atomic E-state index is 13.4. The smallest absolute Gasteiger partial charge is 0.191 e. The van der Waals surface area contributed by atoms with Crippen molar-refractivity contribution < 1.29 is 4.39 Å². The van der Waals surface area contributed by atoms with Crippen LogP contribution in [0.2, 0.25) is 0 Å². The summed E-state index contributed by atoms with van der Waals surface area (Å²) >= 11 is 2.03. The van der Waals surface area contributed by atoms with Crippen molar-refractivity contribution in [1.29, 1.82) is 0 Å². The van der Waals surface area contributed by atoms with Crippen molar-refractivity contribution >= 4 is 17.7 Å². The lowest BCUT2D eigenvalue weighted by Gasteiger charge is -2.27. The Morgan fingerprint density at radius 3 is 2.86 bits per heavy atom. The predicted octanol–water partition coefficient (Wildman–Crippen LogP) is 3.16. The monoisotopic (exact) mass is 323 g/mol. The second kappa shape index (κ2) is 7.86. The number of hydrogen-bond donors (Lipinski definition) is 2. The maximum absolute atomic E-state index is 13.4. The molecule has 0 radical (unpaired) electrons. The Bertz CT molecular complexity index is 510. The highest BCUT2D eigenvalue weighted by molar-refractivity contribution is 8.00. The molecule has 2 N–H and O–H groups in total. The van der Waals surface area contributed by atoms with E-state index in [9.17, 15) is 4.39 Å². The van der Waals surface area contributed by atoms with Gasteiger partial charge in [-0.25, -0.2) is 4.39 Å². The first-order valence-corrected chi connectivity index (χ1v) is 8.88. The highest BCUT2D eigenvalue weighted by Gasteiger charge is 2.22. The van der Waals surface area contributed by atoms with Crippen molar-refractivity contribution in [3.05, 3.63) is 35.6 Å². The zero-order valence-corrected chi connectivity index (χ0v) is 14.5. The number of guanidine groups is 1. The van der Waals surface area contributed by atoms with Gasteiger partial charge < -0.3 is 10.6 Å². The summed E-state index contributed by atoms with van der Waals surface area (Å²) in [6.45, 7) is 5.86. The third-order valence-corrected chi connectivity index (χ3v) is 5.45. The molecule has 0 amide bonds. The van der Waals surface area contributed by atoms with E-state index in [2.05, 4.69) is 29.5 Å². The van der Waals surface area contributed by atoms with Gasteiger partial charge >= 0.3 is 0 Å². The van der Waals surface area contributed by atoms with Crippen molar-refractivity contribution in [2.45, 2.75) is 37.4 Å². The van der Waals surface area contributed by atoms with Crippen LogP contribution in [-0.4, -0.2) is 37.1 Å². The first-order valence-electron chi connectivity index (χ1n) is 7.83. The Labute approximate surface area is 137 Å². The third-order valence-electron chi connectivity index (χ3n) is 4.05. The molecule has 3 nitrogen and oxygen atoms in total. The fourth-order valence-corrected chi connectivity index (χ4v) is 3.75. The van der Waals surface area contributed by atoms with Gasteiger partial charge in [0.25, 0.3) is 0 Å². The van der Waals surface area contributed by atoms with Gasteiger partial charge in [0.05, 0.1) is 0 Å². The summed E-state index contributed by atoms with van der Waals surface area (Å²) in [6.07, 6.45) is 2.60. The van der Waals surface area contributed by atoms with E-state index in [4.69, 9.17) is 0 Å². The summed E-state index contributed by atoms with van der Waals surface area (Å²) in [4.78, 5) is 4.27. The summed E-state index contributed by atoms with van der Waals surface area (Å²) in [5.74, 6) is 1.90. The lowest BCUT2D eigenvalue weighted by atomic mass is 9.84. The molecule has 2 rings (SSSR count). The van der Waals surface area contributed by atoms with Gasteiger partial charge in [-0.3, -0.25) is 4.99 Å². The van der Waals surface area contributed by atoms with E-state index in [1.54, 1.807) is 19.2 Å². The van der Waals surface area contributed by atoms with Gasteiger partial charge in [-0.15, -0.1) is 0 Å². The molecule has 1 heterocycles. The second-order valence-corrected chi connectivity index (χ2v) is 7.74. The molecule has 122 valence electrons. The van der Waals surface area contributed by atoms with E-state index in [0.29, 0.717) is 11.8 Å². The number of hydrogen-bond acceptors (Lipinski definition) is 2. The molecule has 1 fully saturated rings. The minimum absolute atomic E-state index is 0.165. The van der Waals surface area contributed by atoms with E-state index in [1.807, 2.05) is 17.8 Å². The van der Waals surface area contributed by atoms with E-state index in [-0.39, 0.29) is 11.2 Å². The topological polar surface area (TPSA) is 36.4 Å². The van der Waals surface area contributed by atoms with Crippen LogP contribution in [-0.2, 0) is 5.41 Å². The van der Waals surface area contributed by atoms with E-state index < -0.39 is 0 Å². The normalized spacial score (nSPS) is 19.3. The van der Waals surface area contributed by atoms with Crippen molar-refractivity contribution in [3.8, 4) is 0 Å². The van der Waals surface area contributed by atoms with Crippen LogP contribution in [0, 0.1) is 5.82 Å². The number of thioether (sulfide) groups is 1. The number of benzene rings is 1. The van der Waals surface area contributed by atoms with Crippen molar-refractivity contribution in [2.75, 3.05) is 25.9 Å². The van der Waals surface area contributed by atoms with Gasteiger partial charge in [0.1, 0.15) is 5.82 Å². The molecule has 1 aromatic rings. The predicted molar refractivity (Wildman–Crippen MR) is 94.3 cm³/mol. The number of aliphatic imine (C=N–C) groups is 1. The van der Waals surface area contributed by atoms with Crippen LogP contribution in [0.5, 0.6) is 0 Å². The summed E-state index contributed by atoms with van der Waals surface area (Å²) in [5.41, 5.74) is 0.823. The Morgan fingerprint density at radius 1 is 1.41 bits per heavy atom. The van der Waals surface area contributed by atoms with Gasteiger partial charge in [0.2, 0.25) is 0 Å². The minimum atomic E-state index is -0.189. The highest BCUT2D eigenvalue weighted by atomic mass is 32.2. The standard InChI is InChI=1S/C17H26FN3S/c1-17(2,13-6-4-7-14(18)10-13)12-21-16(19-3)20-11-15-8-5-9-22-15/h4,6-7,10,15H,5,8-9,11-12H2,1-3H3,(H2,19,20,21). The molecule has 0 aliphatic carbocycles. The molecule has 1 aromatic carbocycles. The fraction of sp³-hybridized carbons (Fsp3) is 0.588. The quantitative estimate of drug-likeness (QED) is 0.645. The first-order chi connectivity index (χ1) is 10.5. The molecule has 5 heteroatoms. The van der Waals surface area contributed by atoms with Crippen LogP contribution >= 0.6 is 11.8 Å². The molecule has 1 atom stereocenters. The molecule has 22 heavy (non-hydrogen) atoms. The molecule has 1 saturated heterocycles. The van der Waals surface area contributed by atoms with Crippen molar-refractivity contribution in [2.24, 2.45) is 4.99 Å². The van der Waals surface area contributed by atoms with Crippen molar-refractivity contribution in [3.63, 3.8) is 0 Å². The average molecular weight is 323 g/mol. The molecule has 0 saturated carbocycles. The molecule has 1 aliphatic heterocycles. The third kappa shape index (κ3) is 4.90. The summed E-state index contributed by atoms with van der Waals surface area (Å²) in [6, 6.07) is 6.81. The van der Waals surface area contributed by atoms with Crippen LogP contribution in [0.25, 0.3) is 0 Å². The molecule has 0 bridgehead atoms. The molecular weight excluding hydrogens is 297 g/mol. The summed E-state index contributed by atoms with van der Waals surface area (Å²) in [7, 11) is 1.78. The largest absolute Gasteiger partial charge is 0.356 e. The first kappa shape index (κ1) is 17.1. The van der Waals surface area contributed by atoms with E-state index in [0.717, 1.165) is 18.1 Å². The lowest BCUT2D eigenvalue weighted by Crippen LogP contribution is -2.45. The number of nitrogens with zero attached hydrogens (tertiary/aromatic N) is 1. The van der Waals surface area contributed by atoms with Gasteiger partial charge in [-0.05, 0) is 36.3 Å². The van der Waals surface area contributed by atoms with Crippen LogP contribution in [0.3, 0.4) is 0 Å². The van der Waals surface area contributed by atoms with Gasteiger partial charge in [-0.2, -0.15) is 11.8 Å². The average Bonchev–Trinajstić information content (AvgIpc) is 3.01. The second-order valence-electron chi connectivity index (χ2n) is 6.34. The fourth-order valence-electron chi connectivity index (χ4n) is 2.55. The summed E-state index contributed by atoms with van der Waals surface area (Å²) in [5, 5.41) is 7.44. The van der Waals surface area contributed by atoms with E-state index in [1.165, 1.54) is 24.7 Å². The van der Waals surface area contributed by atoms with Gasteiger partial charge in [0, 0.05) is 30.8 Å². The Balaban J connectivity index is 1.86. The number of halogens is 1. The van der Waals surface area contributed by atoms with Crippen LogP contribution in [0.1, 0.15) is 32.3 Å². The molecule has 0 spiro atoms. The molecular formula is C17H26FN3S. The SMILES string of the molecule is CN=C(NCC1CCCS1)NCC(C)(C)c1cccc(F)c1. The Hall–Kier alpha value is -1.23. The molecule has 1 unspecified atom stereocenters. The highest BCUT2D eigenvalue weighted by Crippen LogP contribution is 2.25. The molecule has 1 aliphatic rings. The Kier molecular flexibility index (Phi) is 6.12. The summed E-state index contributed by atoms with van der Waals surface area (Å²) < 4.78 is 13.4. The zero-order valence-electron chi connectivity index (χ0n) is 13.7. The molecule has 0 aromatic heterocycles. The minimum Gasteiger partial charge on any atom is -0.356 e. The number of rotatable bonds is 5. The van der Waals surface area contributed by atoms with Crippen LogP contribution in [0.15, 0.2) is 29.3 Å². The van der Waals surface area contributed by atoms with E-state index >= 15 is 0 Å². The van der Waals surface area contributed by atoms with Crippen molar-refractivity contribution in [1.82, 2.24) is 10.6 Å².